The van der Waals surface area contributed by atoms with E-state index in [1.54, 1.807) is 31.2 Å². The van der Waals surface area contributed by atoms with Crippen molar-refractivity contribution in [2.45, 2.75) is 46.5 Å². The molecule has 0 aliphatic carbocycles. The molecule has 204 valence electrons. The number of anilines is 1. The van der Waals surface area contributed by atoms with Crippen molar-refractivity contribution in [3.05, 3.63) is 81.5 Å². The molecule has 3 aromatic rings. The topological polar surface area (TPSA) is 90.0 Å². The Morgan fingerprint density at radius 2 is 1.65 bits per heavy atom. The molecule has 0 amide bonds. The molecule has 0 N–H and O–H groups in total. The van der Waals surface area contributed by atoms with E-state index >= 15 is 0 Å². The van der Waals surface area contributed by atoms with Crippen molar-refractivity contribution >= 4 is 40.7 Å². The van der Waals surface area contributed by atoms with Crippen molar-refractivity contribution in [3.8, 4) is 29.1 Å². The summed E-state index contributed by atoms with van der Waals surface area (Å²) in [5, 5.41) is 18.7. The van der Waals surface area contributed by atoms with Crippen molar-refractivity contribution in [1.29, 1.82) is 10.5 Å². The maximum absolute atomic E-state index is 11.8. The molecular weight excluding hydrogens is 516 g/mol. The van der Waals surface area contributed by atoms with Crippen LogP contribution >= 0.6 is 11.3 Å². The monoisotopic (exact) mass is 550 g/mol. The van der Waals surface area contributed by atoms with Crippen LogP contribution in [-0.2, 0) is 4.79 Å². The zero-order chi connectivity index (χ0) is 28.9. The average molecular weight is 551 g/mol. The van der Waals surface area contributed by atoms with Gasteiger partial charge in [0.15, 0.2) is 5.57 Å². The summed E-state index contributed by atoms with van der Waals surface area (Å²) < 4.78 is 6.45. The van der Waals surface area contributed by atoms with Crippen LogP contribution in [0.2, 0.25) is 0 Å². The lowest BCUT2D eigenvalue weighted by atomic mass is 10.1. The highest BCUT2D eigenvalue weighted by molar-refractivity contribution is 7.08. The van der Waals surface area contributed by atoms with Crippen LogP contribution in [0.4, 0.5) is 5.69 Å². The van der Waals surface area contributed by atoms with E-state index in [0.717, 1.165) is 28.7 Å². The van der Waals surface area contributed by atoms with E-state index < -0.39 is 5.97 Å². The minimum absolute atomic E-state index is 0.0341. The van der Waals surface area contributed by atoms with Crippen LogP contribution in [0.5, 0.6) is 5.75 Å². The number of hydrogen-bond acceptors (Lipinski definition) is 7. The fourth-order valence-corrected chi connectivity index (χ4v) is 4.81. The van der Waals surface area contributed by atoms with Gasteiger partial charge in [0.05, 0.1) is 10.2 Å². The Morgan fingerprint density at radius 1 is 1.02 bits per heavy atom. The quantitative estimate of drug-likeness (QED) is 0.147. The van der Waals surface area contributed by atoms with Gasteiger partial charge in [-0.15, -0.1) is 11.3 Å². The van der Waals surface area contributed by atoms with Crippen LogP contribution in [0.1, 0.15) is 52.0 Å². The first kappa shape index (κ1) is 30.1. The molecule has 0 atom stereocenters. The van der Waals surface area contributed by atoms with E-state index in [1.807, 2.05) is 30.4 Å². The molecule has 0 aliphatic heterocycles. The van der Waals surface area contributed by atoms with Gasteiger partial charge in [-0.2, -0.15) is 10.5 Å². The fraction of sp³-hybridized carbons (Fsp3) is 0.273. The molecule has 0 bridgehead atoms. The molecule has 1 aromatic heterocycles. The van der Waals surface area contributed by atoms with Crippen LogP contribution < -0.4 is 18.8 Å². The van der Waals surface area contributed by atoms with Crippen LogP contribution in [0.25, 0.3) is 29.0 Å². The largest absolute Gasteiger partial charge is 0.423 e. The third kappa shape index (κ3) is 8.27. The van der Waals surface area contributed by atoms with Crippen LogP contribution in [0.3, 0.4) is 0 Å². The summed E-state index contributed by atoms with van der Waals surface area (Å²) in [5.41, 5.74) is 4.01. The van der Waals surface area contributed by atoms with Crippen molar-refractivity contribution in [1.82, 2.24) is 4.98 Å². The predicted octanol–water partition coefficient (Wildman–Crippen LogP) is 6.39. The number of unbranched alkanes of at least 4 members (excludes halogenated alkanes) is 2. The van der Waals surface area contributed by atoms with Gasteiger partial charge in [-0.25, -0.2) is 9.78 Å². The number of nitrogens with zero attached hydrogens (tertiary/aromatic N) is 4. The lowest BCUT2D eigenvalue weighted by Crippen LogP contribution is -2.25. The third-order valence-electron chi connectivity index (χ3n) is 6.14. The summed E-state index contributed by atoms with van der Waals surface area (Å²) in [7, 11) is 0. The summed E-state index contributed by atoms with van der Waals surface area (Å²) in [6, 6.07) is 19.4. The molecular formula is C33H34N4O2S. The van der Waals surface area contributed by atoms with Gasteiger partial charge in [0.2, 0.25) is 0 Å². The van der Waals surface area contributed by atoms with E-state index in [1.165, 1.54) is 42.7 Å². The molecule has 6 nitrogen and oxygen atoms in total. The molecule has 0 aliphatic rings. The van der Waals surface area contributed by atoms with Gasteiger partial charge < -0.3 is 9.64 Å². The zero-order valence-corrected chi connectivity index (χ0v) is 24.1. The van der Waals surface area contributed by atoms with Crippen LogP contribution in [-0.4, -0.2) is 24.0 Å². The normalized spacial score (nSPS) is 11.2. The Balaban J connectivity index is 1.90. The molecule has 3 rings (SSSR count). The highest BCUT2D eigenvalue weighted by Gasteiger charge is 2.10. The minimum atomic E-state index is -0.493. The first-order valence-corrected chi connectivity index (χ1v) is 14.2. The number of carbonyl (C=O) groups is 1. The van der Waals surface area contributed by atoms with Crippen molar-refractivity contribution in [3.63, 3.8) is 0 Å². The second-order valence-electron chi connectivity index (χ2n) is 9.34. The molecule has 7 heteroatoms. The summed E-state index contributed by atoms with van der Waals surface area (Å²) in [6.45, 7) is 11.8. The van der Waals surface area contributed by atoms with Gasteiger partial charge in [0.25, 0.3) is 0 Å². The Kier molecular flexibility index (Phi) is 11.4. The van der Waals surface area contributed by atoms with E-state index in [0.29, 0.717) is 21.7 Å². The molecule has 0 radical (unpaired) electrons. The average Bonchev–Trinajstić information content (AvgIpc) is 3.38. The molecule has 0 saturated heterocycles. The standard InChI is InChI=1S/C33H34N4O2S/c1-5-7-20-37(21-8-6-2)28-16-12-25(13-17-28)10-9-11-30-31(36-32(40-30)27(22-34)23-35)26-14-18-29(19-15-26)39-33(38)24(3)4/h9-19H,3,5-8,20-21H2,1-2,4H3/b10-9+,30-11-. The highest BCUT2D eigenvalue weighted by atomic mass is 32.1. The number of rotatable bonds is 12. The number of thiazole rings is 1. The van der Waals surface area contributed by atoms with Gasteiger partial charge in [-0.3, -0.25) is 0 Å². The number of nitriles is 2. The van der Waals surface area contributed by atoms with Gasteiger partial charge in [-0.05, 0) is 67.8 Å². The summed E-state index contributed by atoms with van der Waals surface area (Å²) >= 11 is 1.28. The Bertz CT molecular complexity index is 1530. The van der Waals surface area contributed by atoms with Gasteiger partial charge >= 0.3 is 5.97 Å². The fourth-order valence-electron chi connectivity index (χ4n) is 3.87. The van der Waals surface area contributed by atoms with Crippen LogP contribution in [0.15, 0.2) is 66.8 Å². The molecule has 2 aromatic carbocycles. The number of aromatic nitrogens is 1. The number of hydrogen-bond donors (Lipinski definition) is 0. The first-order chi connectivity index (χ1) is 19.4. The number of carbonyl (C=O) groups excluding carboxylic acids is 1. The number of allylic oxidation sites excluding steroid dienone is 1. The van der Waals surface area contributed by atoms with Crippen molar-refractivity contribution < 1.29 is 9.53 Å². The lowest BCUT2D eigenvalue weighted by molar-refractivity contribution is -0.130. The SMILES string of the molecule is C=C(C)C(=O)Oc1ccc(-c2nc(=C(C#N)C#N)s/c2=C\C=C\c2ccc(N(CCCC)CCCC)cc2)cc1. The number of benzene rings is 2. The van der Waals surface area contributed by atoms with Crippen molar-refractivity contribution in [2.75, 3.05) is 18.0 Å². The minimum Gasteiger partial charge on any atom is -0.423 e. The molecule has 0 unspecified atom stereocenters. The molecule has 1 heterocycles. The second kappa shape index (κ2) is 15.2. The summed E-state index contributed by atoms with van der Waals surface area (Å²) in [4.78, 5) is 18.9. The molecule has 0 fully saturated rings. The Hall–Kier alpha value is -4.46. The smallest absolute Gasteiger partial charge is 0.338 e. The first-order valence-electron chi connectivity index (χ1n) is 13.4. The Labute approximate surface area is 240 Å². The number of esters is 1. The van der Waals surface area contributed by atoms with Crippen molar-refractivity contribution in [2.24, 2.45) is 0 Å². The van der Waals surface area contributed by atoms with Gasteiger partial charge in [-0.1, -0.05) is 57.6 Å². The lowest BCUT2D eigenvalue weighted by Gasteiger charge is -2.24. The summed E-state index contributed by atoms with van der Waals surface area (Å²) in [6.07, 6.45) is 10.6. The highest BCUT2D eigenvalue weighted by Crippen LogP contribution is 2.20. The van der Waals surface area contributed by atoms with Gasteiger partial charge in [0.1, 0.15) is 22.6 Å². The third-order valence-corrected chi connectivity index (χ3v) is 7.17. The maximum atomic E-state index is 11.8. The van der Waals surface area contributed by atoms with E-state index in [4.69, 9.17) is 4.74 Å². The zero-order valence-electron chi connectivity index (χ0n) is 23.3. The summed E-state index contributed by atoms with van der Waals surface area (Å²) in [5.74, 6) is -0.0990. The van der Waals surface area contributed by atoms with Crippen LogP contribution in [0, 0.1) is 22.7 Å². The predicted molar refractivity (Wildman–Crippen MR) is 164 cm³/mol. The van der Waals surface area contributed by atoms with E-state index in [2.05, 4.69) is 54.6 Å². The molecule has 0 spiro atoms. The maximum Gasteiger partial charge on any atom is 0.338 e. The number of ether oxygens (including phenoxy) is 1. The van der Waals surface area contributed by atoms with E-state index in [-0.39, 0.29) is 5.57 Å². The molecule has 40 heavy (non-hydrogen) atoms. The Morgan fingerprint density at radius 3 is 2.20 bits per heavy atom. The van der Waals surface area contributed by atoms with E-state index in [9.17, 15) is 15.3 Å². The van der Waals surface area contributed by atoms with Gasteiger partial charge in [0, 0.05) is 29.9 Å². The second-order valence-corrected chi connectivity index (χ2v) is 10.4. The molecule has 0 saturated carbocycles.